The minimum Gasteiger partial charge on any atom is -0.485 e. The second-order valence-electron chi connectivity index (χ2n) is 7.26. The quantitative estimate of drug-likeness (QED) is 0.348. The van der Waals surface area contributed by atoms with Crippen LogP contribution in [0.25, 0.3) is 11.4 Å². The number of aryl methyl sites for hydroxylation is 2. The molecule has 0 unspecified atom stereocenters. The molecule has 33 heavy (non-hydrogen) atoms. The summed E-state index contributed by atoms with van der Waals surface area (Å²) in [4.78, 5) is 8.37. The highest BCUT2D eigenvalue weighted by Gasteiger charge is 2.28. The van der Waals surface area contributed by atoms with E-state index in [0.717, 1.165) is 0 Å². The molecular weight excluding hydrogens is 442 g/mol. The molecule has 0 N–H and O–H groups in total. The van der Waals surface area contributed by atoms with E-state index in [0.29, 0.717) is 34.4 Å². The average Bonchev–Trinajstić information content (AvgIpc) is 3.38. The van der Waals surface area contributed by atoms with Crippen LogP contribution in [0.5, 0.6) is 5.75 Å². The highest BCUT2D eigenvalue weighted by Crippen LogP contribution is 2.26. The van der Waals surface area contributed by atoms with Crippen LogP contribution in [0.2, 0.25) is 0 Å². The van der Waals surface area contributed by atoms with E-state index in [2.05, 4.69) is 20.2 Å². The van der Waals surface area contributed by atoms with Crippen LogP contribution in [0.3, 0.4) is 0 Å². The molecule has 0 bridgehead atoms. The van der Waals surface area contributed by atoms with Crippen molar-refractivity contribution in [3.8, 4) is 17.1 Å². The van der Waals surface area contributed by atoms with Gasteiger partial charge in [0.25, 0.3) is 0 Å². The highest BCUT2D eigenvalue weighted by molar-refractivity contribution is 5.58. The molecule has 4 aromatic rings. The van der Waals surface area contributed by atoms with E-state index in [1.807, 2.05) is 0 Å². The normalized spacial score (nSPS) is 11.7. The van der Waals surface area contributed by atoms with Gasteiger partial charge in [0.15, 0.2) is 18.3 Å². The van der Waals surface area contributed by atoms with Crippen molar-refractivity contribution in [2.24, 2.45) is 0 Å². The smallest absolute Gasteiger partial charge is 0.389 e. The number of rotatable bonds is 8. The van der Waals surface area contributed by atoms with Crippen molar-refractivity contribution in [1.29, 1.82) is 0 Å². The lowest BCUT2D eigenvalue weighted by molar-refractivity contribution is -0.134. The Labute approximate surface area is 186 Å². The molecule has 0 fully saturated rings. The Kier molecular flexibility index (Phi) is 6.38. The fourth-order valence-corrected chi connectivity index (χ4v) is 3.13. The van der Waals surface area contributed by atoms with Crippen LogP contribution in [-0.2, 0) is 19.6 Å². The van der Waals surface area contributed by atoms with Gasteiger partial charge < -0.3 is 9.26 Å². The number of ether oxygens (including phenoxy) is 1. The van der Waals surface area contributed by atoms with Crippen molar-refractivity contribution < 1.29 is 26.8 Å². The monoisotopic (exact) mass is 461 g/mol. The van der Waals surface area contributed by atoms with E-state index in [9.17, 15) is 17.6 Å². The molecule has 0 atom stereocenters. The van der Waals surface area contributed by atoms with Gasteiger partial charge in [0, 0.05) is 24.5 Å². The van der Waals surface area contributed by atoms with Crippen LogP contribution < -0.4 is 4.74 Å². The maximum Gasteiger partial charge on any atom is 0.389 e. The zero-order chi connectivity index (χ0) is 23.4. The maximum atomic E-state index is 14.2. The molecule has 172 valence electrons. The Bertz CT molecular complexity index is 1240. The second-order valence-corrected chi connectivity index (χ2v) is 7.26. The van der Waals surface area contributed by atoms with Crippen molar-refractivity contribution in [1.82, 2.24) is 24.9 Å². The SMILES string of the molecule is Cc1nc(COc2cccc(-c3nc(CCC(F)(F)F)nn3Cc3ccccc3F)c2)no1. The summed E-state index contributed by atoms with van der Waals surface area (Å²) in [6, 6.07) is 12.9. The molecule has 0 amide bonds. The molecule has 0 saturated carbocycles. The summed E-state index contributed by atoms with van der Waals surface area (Å²) in [5.41, 5.74) is 0.893. The third-order valence-electron chi connectivity index (χ3n) is 4.66. The molecule has 0 radical (unpaired) electrons. The minimum atomic E-state index is -4.33. The molecule has 0 aliphatic carbocycles. The van der Waals surface area contributed by atoms with E-state index >= 15 is 0 Å². The summed E-state index contributed by atoms with van der Waals surface area (Å²) in [6.07, 6.45) is -5.77. The van der Waals surface area contributed by atoms with Crippen LogP contribution in [0.4, 0.5) is 17.6 Å². The van der Waals surface area contributed by atoms with Crippen LogP contribution in [0.15, 0.2) is 53.1 Å². The lowest BCUT2D eigenvalue weighted by Gasteiger charge is -2.09. The Hall–Kier alpha value is -3.76. The molecule has 11 heteroatoms. The molecule has 0 aliphatic rings. The van der Waals surface area contributed by atoms with Gasteiger partial charge in [-0.2, -0.15) is 23.3 Å². The highest BCUT2D eigenvalue weighted by atomic mass is 19.4. The molecule has 4 rings (SSSR count). The van der Waals surface area contributed by atoms with Crippen molar-refractivity contribution in [3.63, 3.8) is 0 Å². The van der Waals surface area contributed by atoms with E-state index < -0.39 is 18.4 Å². The van der Waals surface area contributed by atoms with E-state index in [1.165, 1.54) is 10.7 Å². The van der Waals surface area contributed by atoms with Gasteiger partial charge in [-0.25, -0.2) is 14.1 Å². The molecule has 2 aromatic carbocycles. The molecule has 0 saturated heterocycles. The molecule has 7 nitrogen and oxygen atoms in total. The second kappa shape index (κ2) is 9.39. The van der Waals surface area contributed by atoms with Gasteiger partial charge in [-0.1, -0.05) is 35.5 Å². The zero-order valence-corrected chi connectivity index (χ0v) is 17.5. The van der Waals surface area contributed by atoms with Gasteiger partial charge in [0.05, 0.1) is 13.0 Å². The number of alkyl halides is 3. The van der Waals surface area contributed by atoms with E-state index in [-0.39, 0.29) is 25.4 Å². The van der Waals surface area contributed by atoms with Gasteiger partial charge in [-0.3, -0.25) is 0 Å². The lowest BCUT2D eigenvalue weighted by Crippen LogP contribution is -2.10. The summed E-state index contributed by atoms with van der Waals surface area (Å²) >= 11 is 0. The van der Waals surface area contributed by atoms with Crippen molar-refractivity contribution >= 4 is 0 Å². The maximum absolute atomic E-state index is 14.2. The van der Waals surface area contributed by atoms with Crippen LogP contribution in [-0.4, -0.2) is 31.1 Å². The fraction of sp³-hybridized carbons (Fsp3) is 0.273. The van der Waals surface area contributed by atoms with Crippen molar-refractivity contribution in [3.05, 3.63) is 77.5 Å². The van der Waals surface area contributed by atoms with Crippen molar-refractivity contribution in [2.75, 3.05) is 0 Å². The van der Waals surface area contributed by atoms with Crippen LogP contribution in [0, 0.1) is 12.7 Å². The summed E-state index contributed by atoms with van der Waals surface area (Å²) in [5, 5.41) is 7.98. The largest absolute Gasteiger partial charge is 0.485 e. The predicted molar refractivity (Wildman–Crippen MR) is 109 cm³/mol. The van der Waals surface area contributed by atoms with Gasteiger partial charge in [-0.15, -0.1) is 0 Å². The number of hydrogen-bond donors (Lipinski definition) is 0. The lowest BCUT2D eigenvalue weighted by atomic mass is 10.2. The predicted octanol–water partition coefficient (Wildman–Crippen LogP) is 4.90. The molecule has 0 spiro atoms. The van der Waals surface area contributed by atoms with Gasteiger partial charge in [0.2, 0.25) is 11.7 Å². The minimum absolute atomic E-state index is 0.00818. The first-order valence-electron chi connectivity index (χ1n) is 10.0. The third kappa shape index (κ3) is 5.93. The molecule has 2 heterocycles. The standard InChI is InChI=1S/C22H19F4N5O2/c1-14-27-20(30-33-14)13-32-17-7-4-6-15(11-17)21-28-19(9-10-22(24,25)26)29-31(21)12-16-5-2-3-8-18(16)23/h2-8,11H,9-10,12-13H2,1H3. The fourth-order valence-electron chi connectivity index (χ4n) is 3.13. The molecular formula is C22H19F4N5O2. The van der Waals surface area contributed by atoms with Gasteiger partial charge in [-0.05, 0) is 18.2 Å². The van der Waals surface area contributed by atoms with Crippen molar-refractivity contribution in [2.45, 2.75) is 39.1 Å². The first-order chi connectivity index (χ1) is 15.8. The Morgan fingerprint density at radius 1 is 1.03 bits per heavy atom. The summed E-state index contributed by atoms with van der Waals surface area (Å²) < 4.78 is 64.3. The van der Waals surface area contributed by atoms with E-state index in [1.54, 1.807) is 49.4 Å². The number of benzene rings is 2. The Morgan fingerprint density at radius 3 is 2.58 bits per heavy atom. The first-order valence-corrected chi connectivity index (χ1v) is 10.0. The number of nitrogens with zero attached hydrogens (tertiary/aromatic N) is 5. The summed E-state index contributed by atoms with van der Waals surface area (Å²) in [5.74, 6) is 1.13. The molecule has 0 aliphatic heterocycles. The third-order valence-corrected chi connectivity index (χ3v) is 4.66. The van der Waals surface area contributed by atoms with Gasteiger partial charge >= 0.3 is 6.18 Å². The molecule has 2 aromatic heterocycles. The van der Waals surface area contributed by atoms with Gasteiger partial charge in [0.1, 0.15) is 11.6 Å². The van der Waals surface area contributed by atoms with Crippen LogP contribution in [0.1, 0.15) is 29.5 Å². The van der Waals surface area contributed by atoms with E-state index in [4.69, 9.17) is 9.26 Å². The summed E-state index contributed by atoms with van der Waals surface area (Å²) in [7, 11) is 0. The van der Waals surface area contributed by atoms with Crippen LogP contribution >= 0.6 is 0 Å². The Morgan fingerprint density at radius 2 is 1.85 bits per heavy atom. The number of halogens is 4. The Balaban J connectivity index is 1.61. The first kappa shape index (κ1) is 22.4. The topological polar surface area (TPSA) is 78.9 Å². The average molecular weight is 461 g/mol. The summed E-state index contributed by atoms with van der Waals surface area (Å²) in [6.45, 7) is 1.74. The zero-order valence-electron chi connectivity index (χ0n) is 17.5. The number of aromatic nitrogens is 5. The number of hydrogen-bond acceptors (Lipinski definition) is 6.